The van der Waals surface area contributed by atoms with Gasteiger partial charge < -0.3 is 4.98 Å². The summed E-state index contributed by atoms with van der Waals surface area (Å²) >= 11 is 5.96. The highest BCUT2D eigenvalue weighted by atomic mass is 35.5. The Morgan fingerprint density at radius 2 is 1.74 bits per heavy atom. The number of unbranched alkanes of at least 4 members (excludes halogenated alkanes) is 1. The predicted octanol–water partition coefficient (Wildman–Crippen LogP) is 10.8. The second-order valence-electron chi connectivity index (χ2n) is 9.98. The Balaban J connectivity index is 0.000000358. The number of nitrogens with one attached hydrogen (secondary N) is 1. The lowest BCUT2D eigenvalue weighted by Gasteiger charge is -2.15. The van der Waals surface area contributed by atoms with Crippen LogP contribution < -0.4 is 0 Å². The summed E-state index contributed by atoms with van der Waals surface area (Å²) in [5, 5.41) is 0.890. The van der Waals surface area contributed by atoms with E-state index in [-0.39, 0.29) is 16.1 Å². The third-order valence-electron chi connectivity index (χ3n) is 6.31. The largest absolute Gasteiger partial charge is 0.358 e. The molecule has 0 aliphatic rings. The fourth-order valence-corrected chi connectivity index (χ4v) is 4.64. The minimum absolute atomic E-state index is 0.0565. The fraction of sp³-hybridized carbons (Fsp3) is 0.406. The van der Waals surface area contributed by atoms with Gasteiger partial charge in [0, 0.05) is 33.9 Å². The first kappa shape index (κ1) is 31.4. The summed E-state index contributed by atoms with van der Waals surface area (Å²) in [6.45, 7) is 15.8. The number of H-pyrrole nitrogens is 1. The summed E-state index contributed by atoms with van der Waals surface area (Å²) < 4.78 is 42.4. The molecule has 3 rings (SSSR count). The maximum absolute atomic E-state index is 14.5. The van der Waals surface area contributed by atoms with Crippen LogP contribution in [-0.4, -0.2) is 10.7 Å². The van der Waals surface area contributed by atoms with E-state index < -0.39 is 23.4 Å². The van der Waals surface area contributed by atoms with Crippen LogP contribution in [0.1, 0.15) is 96.0 Å². The lowest BCUT2D eigenvalue weighted by Crippen LogP contribution is -2.05. The smallest absolute Gasteiger partial charge is 0.162 e. The number of hydrogen-bond donors (Lipinski definition) is 1. The van der Waals surface area contributed by atoms with Gasteiger partial charge in [-0.15, -0.1) is 0 Å². The van der Waals surface area contributed by atoms with E-state index >= 15 is 0 Å². The van der Waals surface area contributed by atoms with Crippen LogP contribution >= 0.6 is 11.6 Å². The second-order valence-corrected chi connectivity index (χ2v) is 10.4. The summed E-state index contributed by atoms with van der Waals surface area (Å²) in [4.78, 5) is 7.62. The van der Waals surface area contributed by atoms with E-state index in [0.29, 0.717) is 5.52 Å². The minimum atomic E-state index is -0.832. The van der Waals surface area contributed by atoms with E-state index in [1.165, 1.54) is 18.6 Å². The highest BCUT2D eigenvalue weighted by Gasteiger charge is 2.23. The van der Waals surface area contributed by atoms with Crippen molar-refractivity contribution >= 4 is 28.2 Å². The number of nitrogens with zero attached hydrogens (tertiary/aromatic N) is 1. The highest BCUT2D eigenvalue weighted by molar-refractivity contribution is 6.31. The zero-order valence-electron chi connectivity index (χ0n) is 23.8. The van der Waals surface area contributed by atoms with E-state index in [0.717, 1.165) is 53.7 Å². The first-order chi connectivity index (χ1) is 17.9. The first-order valence-corrected chi connectivity index (χ1v) is 13.6. The van der Waals surface area contributed by atoms with Gasteiger partial charge in [0.1, 0.15) is 5.82 Å². The Bertz CT molecular complexity index is 1340. The molecule has 6 heteroatoms. The van der Waals surface area contributed by atoms with Gasteiger partial charge in [0.25, 0.3) is 0 Å². The molecular weight excluding hydrogens is 505 g/mol. The standard InChI is InChI=1S/C21H21ClF3N.C11H19N/c1-4-5-6-14-15-9-16(22)17(23)10-18(15)26-21(14)12(3)13-8-7-11(2)19(24)20(13)25;1-6-7-10(4)12-11(5)8-9(2)3/h7-10,12,26H,4-6H2,1-3H3;7-8H,6H2,1-5H3/b;10-7+,12-11?. The van der Waals surface area contributed by atoms with Crippen molar-refractivity contribution in [2.45, 2.75) is 87.0 Å². The van der Waals surface area contributed by atoms with Gasteiger partial charge in [-0.2, -0.15) is 0 Å². The molecule has 0 bridgehead atoms. The molecule has 3 aromatic rings. The number of aromatic amines is 1. The van der Waals surface area contributed by atoms with Crippen LogP contribution in [0.5, 0.6) is 0 Å². The normalized spacial score (nSPS) is 12.8. The second kappa shape index (κ2) is 14.4. The molecule has 2 nitrogen and oxygen atoms in total. The van der Waals surface area contributed by atoms with Crippen LogP contribution in [0.3, 0.4) is 0 Å². The lowest BCUT2D eigenvalue weighted by molar-refractivity contribution is 0.490. The Kier molecular flexibility index (Phi) is 11.9. The minimum Gasteiger partial charge on any atom is -0.358 e. The molecule has 38 heavy (non-hydrogen) atoms. The number of halogens is 4. The van der Waals surface area contributed by atoms with Gasteiger partial charge in [0.05, 0.1) is 5.02 Å². The van der Waals surface area contributed by atoms with Crippen molar-refractivity contribution in [3.05, 3.63) is 92.5 Å². The van der Waals surface area contributed by atoms with Gasteiger partial charge in [-0.05, 0) is 88.8 Å². The number of benzene rings is 2. The van der Waals surface area contributed by atoms with Crippen molar-refractivity contribution in [1.82, 2.24) is 4.98 Å². The van der Waals surface area contributed by atoms with Gasteiger partial charge in [0.2, 0.25) is 0 Å². The molecule has 1 N–H and O–H groups in total. The van der Waals surface area contributed by atoms with Crippen LogP contribution in [0, 0.1) is 24.4 Å². The summed E-state index contributed by atoms with van der Waals surface area (Å²) in [5.74, 6) is -2.56. The number of allylic oxidation sites excluding steroid dienone is 4. The molecule has 2 aromatic carbocycles. The highest BCUT2D eigenvalue weighted by Crippen LogP contribution is 2.36. The fourth-order valence-electron chi connectivity index (χ4n) is 4.48. The van der Waals surface area contributed by atoms with E-state index in [9.17, 15) is 13.2 Å². The molecule has 1 atom stereocenters. The molecule has 0 amide bonds. The lowest BCUT2D eigenvalue weighted by atomic mass is 9.91. The van der Waals surface area contributed by atoms with Crippen molar-refractivity contribution in [3.63, 3.8) is 0 Å². The van der Waals surface area contributed by atoms with E-state index in [1.54, 1.807) is 18.2 Å². The molecule has 0 radical (unpaired) electrons. The van der Waals surface area contributed by atoms with Gasteiger partial charge in [-0.3, -0.25) is 4.99 Å². The molecule has 1 unspecified atom stereocenters. The Hall–Kier alpha value is -2.79. The molecule has 0 saturated carbocycles. The van der Waals surface area contributed by atoms with Crippen molar-refractivity contribution < 1.29 is 13.2 Å². The average molecular weight is 545 g/mol. The number of fused-ring (bicyclic) bond motifs is 1. The summed E-state index contributed by atoms with van der Waals surface area (Å²) in [7, 11) is 0. The molecule has 1 aromatic heterocycles. The number of hydrogen-bond acceptors (Lipinski definition) is 1. The summed E-state index contributed by atoms with van der Waals surface area (Å²) in [5.41, 5.74) is 6.41. The third-order valence-corrected chi connectivity index (χ3v) is 6.60. The van der Waals surface area contributed by atoms with Crippen molar-refractivity contribution in [3.8, 4) is 0 Å². The van der Waals surface area contributed by atoms with Crippen molar-refractivity contribution in [2.75, 3.05) is 0 Å². The third kappa shape index (κ3) is 8.10. The molecule has 0 aliphatic heterocycles. The van der Waals surface area contributed by atoms with E-state index in [1.807, 2.05) is 20.8 Å². The Morgan fingerprint density at radius 3 is 2.34 bits per heavy atom. The van der Waals surface area contributed by atoms with Crippen LogP contribution in [0.4, 0.5) is 13.2 Å². The van der Waals surface area contributed by atoms with Crippen molar-refractivity contribution in [2.24, 2.45) is 4.99 Å². The number of rotatable bonds is 8. The molecule has 0 spiro atoms. The first-order valence-electron chi connectivity index (χ1n) is 13.2. The topological polar surface area (TPSA) is 28.1 Å². The zero-order valence-corrected chi connectivity index (χ0v) is 24.6. The van der Waals surface area contributed by atoms with E-state index in [4.69, 9.17) is 11.6 Å². The predicted molar refractivity (Wildman–Crippen MR) is 157 cm³/mol. The van der Waals surface area contributed by atoms with Gasteiger partial charge in [-0.25, -0.2) is 13.2 Å². The van der Waals surface area contributed by atoms with E-state index in [2.05, 4.69) is 49.8 Å². The molecule has 1 heterocycles. The molecule has 206 valence electrons. The Labute approximate surface area is 230 Å². The van der Waals surface area contributed by atoms with Gasteiger partial charge >= 0.3 is 0 Å². The van der Waals surface area contributed by atoms with Crippen molar-refractivity contribution in [1.29, 1.82) is 0 Å². The monoisotopic (exact) mass is 544 g/mol. The molecule has 0 fully saturated rings. The molecule has 0 saturated heterocycles. The summed E-state index contributed by atoms with van der Waals surface area (Å²) in [6, 6.07) is 6.15. The number of aryl methyl sites for hydroxylation is 2. The quantitative estimate of drug-likeness (QED) is 0.273. The van der Waals surface area contributed by atoms with Gasteiger partial charge in [-0.1, -0.05) is 62.6 Å². The van der Waals surface area contributed by atoms with Crippen LogP contribution in [-0.2, 0) is 6.42 Å². The van der Waals surface area contributed by atoms with Gasteiger partial charge in [0.15, 0.2) is 11.6 Å². The molecule has 0 aliphatic carbocycles. The SMILES string of the molecule is CC/C=C(\C)N=C(C)C=C(C)C.CCCCc1c(C(C)c2ccc(C)c(F)c2F)[nH]c2cc(F)c(Cl)cc12. The van der Waals surface area contributed by atoms with Crippen LogP contribution in [0.2, 0.25) is 5.02 Å². The number of aromatic nitrogens is 1. The summed E-state index contributed by atoms with van der Waals surface area (Å²) in [6.07, 6.45) is 7.95. The van der Waals surface area contributed by atoms with Crippen LogP contribution in [0.25, 0.3) is 10.9 Å². The maximum atomic E-state index is 14.5. The molecular formula is C32H40ClF3N2. The average Bonchev–Trinajstić information content (AvgIpc) is 3.18. The number of aliphatic imine (C=N–C) groups is 1. The maximum Gasteiger partial charge on any atom is 0.162 e. The zero-order chi connectivity index (χ0) is 28.6. The van der Waals surface area contributed by atoms with Crippen LogP contribution in [0.15, 0.2) is 52.7 Å². The Morgan fingerprint density at radius 1 is 1.05 bits per heavy atom.